The largest absolute Gasteiger partial charge is 0.382 e. The molecule has 2 atom stereocenters. The Morgan fingerprint density at radius 3 is 2.62 bits per heavy atom. The van der Waals surface area contributed by atoms with Gasteiger partial charge in [-0.2, -0.15) is 0 Å². The van der Waals surface area contributed by atoms with E-state index in [9.17, 15) is 5.11 Å². The highest BCUT2D eigenvalue weighted by Crippen LogP contribution is 2.47. The first kappa shape index (κ1) is 18.1. The summed E-state index contributed by atoms with van der Waals surface area (Å²) in [6, 6.07) is 13.9. The van der Waals surface area contributed by atoms with Gasteiger partial charge in [0.15, 0.2) is 0 Å². The lowest BCUT2D eigenvalue weighted by atomic mass is 9.66. The predicted molar refractivity (Wildman–Crippen MR) is 111 cm³/mol. The number of fused-ring (bicyclic) bond motifs is 3. The number of piperidine rings is 3. The van der Waals surface area contributed by atoms with Gasteiger partial charge in [0.2, 0.25) is 0 Å². The molecule has 2 aromatic heterocycles. The second-order valence-corrected chi connectivity index (χ2v) is 8.00. The molecule has 0 aliphatic carbocycles. The van der Waals surface area contributed by atoms with E-state index in [1.165, 1.54) is 0 Å². The first-order valence-corrected chi connectivity index (χ1v) is 10.2. The van der Waals surface area contributed by atoms with Crippen molar-refractivity contribution in [1.82, 2.24) is 19.4 Å². The number of imidazole rings is 1. The zero-order valence-corrected chi connectivity index (χ0v) is 16.3. The van der Waals surface area contributed by atoms with Crippen molar-refractivity contribution < 1.29 is 5.11 Å². The van der Waals surface area contributed by atoms with Crippen molar-refractivity contribution in [3.63, 3.8) is 0 Å². The number of pyridine rings is 1. The predicted octanol–water partition coefficient (Wildman–Crippen LogP) is 2.77. The lowest BCUT2D eigenvalue weighted by Crippen LogP contribution is -2.63. The van der Waals surface area contributed by atoms with Crippen LogP contribution in [0, 0.1) is 18.3 Å². The Hall–Kier alpha value is -2.94. The Balaban J connectivity index is 1.64. The molecule has 3 aromatic rings. The Morgan fingerprint density at radius 1 is 1.14 bits per heavy atom. The number of benzene rings is 1. The number of aliphatic hydroxyl groups is 1. The maximum atomic E-state index is 12.0. The van der Waals surface area contributed by atoms with Gasteiger partial charge in [0, 0.05) is 24.4 Å². The fourth-order valence-corrected chi connectivity index (χ4v) is 5.02. The number of nitrogens with zero attached hydrogens (tertiary/aromatic N) is 4. The molecule has 146 valence electrons. The molecule has 3 aliphatic rings. The summed E-state index contributed by atoms with van der Waals surface area (Å²) in [6.45, 7) is 1.91. The van der Waals surface area contributed by atoms with Crippen molar-refractivity contribution >= 4 is 0 Å². The number of hydrogen-bond acceptors (Lipinski definition) is 4. The molecule has 0 spiro atoms. The van der Waals surface area contributed by atoms with Crippen LogP contribution in [0.1, 0.15) is 29.7 Å². The van der Waals surface area contributed by atoms with Gasteiger partial charge in [-0.05, 0) is 43.5 Å². The van der Waals surface area contributed by atoms with Crippen LogP contribution in [0.2, 0.25) is 0 Å². The monoisotopic (exact) mass is 384 g/mol. The van der Waals surface area contributed by atoms with Gasteiger partial charge in [0.05, 0.1) is 5.69 Å². The quantitative estimate of drug-likeness (QED) is 0.703. The Labute approximate surface area is 171 Å². The third-order valence-corrected chi connectivity index (χ3v) is 6.47. The Bertz CT molecular complexity index is 1030. The third-order valence-electron chi connectivity index (χ3n) is 6.47. The number of rotatable bonds is 4. The van der Waals surface area contributed by atoms with Gasteiger partial charge in [-0.15, -0.1) is 6.42 Å². The van der Waals surface area contributed by atoms with E-state index in [0.29, 0.717) is 6.42 Å². The summed E-state index contributed by atoms with van der Waals surface area (Å²) >= 11 is 0. The maximum absolute atomic E-state index is 12.0. The smallest absolute Gasteiger partial charge is 0.138 e. The number of aromatic nitrogens is 3. The van der Waals surface area contributed by atoms with Crippen molar-refractivity contribution in [2.45, 2.75) is 30.9 Å². The van der Waals surface area contributed by atoms with Crippen LogP contribution in [0.25, 0.3) is 5.82 Å². The van der Waals surface area contributed by atoms with Crippen LogP contribution in [-0.2, 0) is 12.0 Å². The molecular formula is C24H24N4O. The molecule has 1 N–H and O–H groups in total. The highest BCUT2D eigenvalue weighted by molar-refractivity contribution is 5.41. The summed E-state index contributed by atoms with van der Waals surface area (Å²) in [6.07, 6.45) is 13.8. The molecule has 2 bridgehead atoms. The minimum absolute atomic E-state index is 0.156. The highest BCUT2D eigenvalue weighted by Gasteiger charge is 2.54. The number of hydrogen-bond donors (Lipinski definition) is 1. The van der Waals surface area contributed by atoms with Crippen LogP contribution < -0.4 is 0 Å². The van der Waals surface area contributed by atoms with E-state index in [1.54, 1.807) is 12.5 Å². The van der Waals surface area contributed by atoms with Crippen molar-refractivity contribution in [3.8, 4) is 18.2 Å². The molecule has 5 heteroatoms. The van der Waals surface area contributed by atoms with Crippen LogP contribution in [0.5, 0.6) is 0 Å². The van der Waals surface area contributed by atoms with E-state index < -0.39 is 5.60 Å². The van der Waals surface area contributed by atoms with Crippen LogP contribution in [0.15, 0.2) is 61.2 Å². The van der Waals surface area contributed by atoms with Gasteiger partial charge in [0.25, 0.3) is 0 Å². The van der Waals surface area contributed by atoms with E-state index in [1.807, 2.05) is 41.1 Å². The standard InChI is InChI=1S/C24H24N4O/c1-2-22-24(29,19-10-13-27(22)14-11-19)20-8-9-23(28-15-12-25-17-28)26-21(20)16-18-6-4-3-5-7-18/h1,3-9,12,15,17,19,22,29H,10-11,13-14,16H2. The van der Waals surface area contributed by atoms with Gasteiger partial charge in [-0.25, -0.2) is 9.97 Å². The first-order valence-electron chi connectivity index (χ1n) is 10.2. The topological polar surface area (TPSA) is 54.2 Å². The Morgan fingerprint density at radius 2 is 1.93 bits per heavy atom. The first-order chi connectivity index (χ1) is 14.2. The molecule has 0 saturated carbocycles. The van der Waals surface area contributed by atoms with Crippen molar-refractivity contribution in [2.24, 2.45) is 5.92 Å². The lowest BCUT2D eigenvalue weighted by Gasteiger charge is -2.54. The maximum Gasteiger partial charge on any atom is 0.138 e. The van der Waals surface area contributed by atoms with Gasteiger partial charge >= 0.3 is 0 Å². The summed E-state index contributed by atoms with van der Waals surface area (Å²) in [4.78, 5) is 11.3. The second-order valence-electron chi connectivity index (χ2n) is 8.00. The van der Waals surface area contributed by atoms with E-state index in [0.717, 1.165) is 48.6 Å². The summed E-state index contributed by atoms with van der Waals surface area (Å²) in [5.74, 6) is 3.84. The van der Waals surface area contributed by atoms with Gasteiger partial charge < -0.3 is 5.11 Å². The zero-order valence-electron chi connectivity index (χ0n) is 16.3. The lowest BCUT2D eigenvalue weighted by molar-refractivity contribution is -0.143. The summed E-state index contributed by atoms with van der Waals surface area (Å²) in [5, 5.41) is 12.0. The molecular weight excluding hydrogens is 360 g/mol. The fourth-order valence-electron chi connectivity index (χ4n) is 5.02. The van der Waals surface area contributed by atoms with Crippen molar-refractivity contribution in [1.29, 1.82) is 0 Å². The average molecular weight is 384 g/mol. The van der Waals surface area contributed by atoms with E-state index in [2.05, 4.69) is 27.9 Å². The minimum Gasteiger partial charge on any atom is -0.382 e. The molecule has 0 radical (unpaired) electrons. The van der Waals surface area contributed by atoms with Gasteiger partial charge in [-0.1, -0.05) is 42.3 Å². The molecule has 2 unspecified atom stereocenters. The Kier molecular flexibility index (Phi) is 4.46. The number of terminal acetylenes is 1. The van der Waals surface area contributed by atoms with E-state index in [-0.39, 0.29) is 12.0 Å². The summed E-state index contributed by atoms with van der Waals surface area (Å²) in [7, 11) is 0. The van der Waals surface area contributed by atoms with Crippen LogP contribution in [0.4, 0.5) is 0 Å². The molecule has 3 fully saturated rings. The minimum atomic E-state index is -1.07. The normalized spacial score (nSPS) is 28.2. The van der Waals surface area contributed by atoms with Gasteiger partial charge in [0.1, 0.15) is 23.8 Å². The van der Waals surface area contributed by atoms with Crippen molar-refractivity contribution in [3.05, 3.63) is 78.0 Å². The molecule has 3 saturated heterocycles. The van der Waals surface area contributed by atoms with Crippen LogP contribution in [0.3, 0.4) is 0 Å². The summed E-state index contributed by atoms with van der Waals surface area (Å²) < 4.78 is 1.89. The SMILES string of the molecule is C#CC1N2CCC(CC2)C1(O)c1ccc(-n2ccnc2)nc1Cc1ccccc1. The highest BCUT2D eigenvalue weighted by atomic mass is 16.3. The fraction of sp³-hybridized carbons (Fsp3) is 0.333. The summed E-state index contributed by atoms with van der Waals surface area (Å²) in [5.41, 5.74) is 1.82. The molecule has 6 rings (SSSR count). The molecule has 1 aromatic carbocycles. The zero-order chi connectivity index (χ0) is 19.8. The van der Waals surface area contributed by atoms with E-state index in [4.69, 9.17) is 11.4 Å². The van der Waals surface area contributed by atoms with Gasteiger partial charge in [-0.3, -0.25) is 9.47 Å². The molecule has 0 amide bonds. The molecule has 29 heavy (non-hydrogen) atoms. The van der Waals surface area contributed by atoms with E-state index >= 15 is 0 Å². The molecule has 5 nitrogen and oxygen atoms in total. The van der Waals surface area contributed by atoms with Crippen LogP contribution >= 0.6 is 0 Å². The second kappa shape index (κ2) is 7.14. The van der Waals surface area contributed by atoms with Crippen molar-refractivity contribution in [2.75, 3.05) is 13.1 Å². The van der Waals surface area contributed by atoms with Crippen LogP contribution in [-0.4, -0.2) is 43.7 Å². The average Bonchev–Trinajstić information content (AvgIpc) is 3.30. The molecule has 3 aliphatic heterocycles. The third kappa shape index (κ3) is 2.96. The molecule has 5 heterocycles.